The monoisotopic (exact) mass is 571 g/mol. The van der Waals surface area contributed by atoms with Crippen LogP contribution in [0.15, 0.2) is 73.7 Å². The molecule has 1 atom stereocenters. The average Bonchev–Trinajstić information content (AvgIpc) is 3.47. The third-order valence-corrected chi connectivity index (χ3v) is 7.10. The van der Waals surface area contributed by atoms with Crippen LogP contribution in [0.5, 0.6) is 5.75 Å². The molecule has 210 valence electrons. The Morgan fingerprint density at radius 2 is 2.02 bits per heavy atom. The highest BCUT2D eigenvalue weighted by atomic mass is 35.5. The minimum absolute atomic E-state index is 0.249. The lowest BCUT2D eigenvalue weighted by molar-refractivity contribution is -0.132. The third kappa shape index (κ3) is 6.22. The quantitative estimate of drug-likeness (QED) is 0.264. The molecule has 0 radical (unpaired) electrons. The smallest absolute Gasteiger partial charge is 0.247 e. The molecule has 4 aromatic rings. The highest BCUT2D eigenvalue weighted by Crippen LogP contribution is 2.35. The first-order chi connectivity index (χ1) is 19.8. The number of likely N-dealkylation sites (tertiary alicyclic amines) is 1. The van der Waals surface area contributed by atoms with Crippen LogP contribution in [0.25, 0.3) is 10.9 Å². The molecule has 1 saturated heterocycles. The van der Waals surface area contributed by atoms with Crippen LogP contribution in [-0.2, 0) is 16.2 Å². The van der Waals surface area contributed by atoms with Crippen LogP contribution in [0.2, 0.25) is 5.02 Å². The Hall–Kier alpha value is -4.70. The van der Waals surface area contributed by atoms with Crippen molar-refractivity contribution in [2.75, 3.05) is 36.2 Å². The van der Waals surface area contributed by atoms with E-state index in [0.717, 1.165) is 17.8 Å². The van der Waals surface area contributed by atoms with E-state index in [0.29, 0.717) is 58.4 Å². The van der Waals surface area contributed by atoms with Crippen molar-refractivity contribution in [1.82, 2.24) is 19.9 Å². The number of halogens is 1. The number of rotatable bonds is 9. The molecule has 0 aliphatic carbocycles. The van der Waals surface area contributed by atoms with Crippen LogP contribution in [-0.4, -0.2) is 58.3 Å². The van der Waals surface area contributed by atoms with Gasteiger partial charge in [-0.25, -0.2) is 9.97 Å². The first-order valence-corrected chi connectivity index (χ1v) is 13.5. The Labute approximate surface area is 243 Å². The van der Waals surface area contributed by atoms with Gasteiger partial charge in [0.15, 0.2) is 0 Å². The fourth-order valence-electron chi connectivity index (χ4n) is 4.77. The Balaban J connectivity index is 1.40. The molecule has 0 unspecified atom stereocenters. The van der Waals surface area contributed by atoms with Crippen molar-refractivity contribution in [2.45, 2.75) is 25.5 Å². The number of anilines is 4. The molecule has 41 heavy (non-hydrogen) atoms. The zero-order valence-electron chi connectivity index (χ0n) is 22.8. The first-order valence-electron chi connectivity index (χ1n) is 13.1. The lowest BCUT2D eigenvalue weighted by Gasteiger charge is -2.24. The molecule has 1 aliphatic rings. The van der Waals surface area contributed by atoms with Gasteiger partial charge in [0.1, 0.15) is 30.5 Å². The summed E-state index contributed by atoms with van der Waals surface area (Å²) in [5, 5.41) is 7.48. The molecule has 2 N–H and O–H groups in total. The number of pyridine rings is 1. The Morgan fingerprint density at radius 1 is 1.17 bits per heavy atom. The number of carbonyl (C=O) groups is 2. The van der Waals surface area contributed by atoms with E-state index in [1.54, 1.807) is 23.2 Å². The van der Waals surface area contributed by atoms with Gasteiger partial charge in [0.05, 0.1) is 27.6 Å². The Kier molecular flexibility index (Phi) is 8.30. The number of benzene rings is 2. The van der Waals surface area contributed by atoms with Crippen LogP contribution in [0, 0.1) is 0 Å². The van der Waals surface area contributed by atoms with E-state index in [4.69, 9.17) is 16.3 Å². The number of fused-ring (bicyclic) bond motifs is 1. The third-order valence-electron chi connectivity index (χ3n) is 6.80. The van der Waals surface area contributed by atoms with Crippen molar-refractivity contribution in [3.8, 4) is 5.75 Å². The molecule has 1 fully saturated rings. The van der Waals surface area contributed by atoms with Gasteiger partial charge in [0.2, 0.25) is 11.8 Å². The van der Waals surface area contributed by atoms with Crippen molar-refractivity contribution in [1.29, 1.82) is 0 Å². The van der Waals surface area contributed by atoms with Gasteiger partial charge in [0, 0.05) is 37.9 Å². The molecule has 11 heteroatoms. The number of nitrogens with zero attached hydrogens (tertiary/aromatic N) is 5. The molecule has 5 rings (SSSR count). The van der Waals surface area contributed by atoms with Crippen molar-refractivity contribution < 1.29 is 14.3 Å². The Bertz CT molecular complexity index is 1600. The van der Waals surface area contributed by atoms with Gasteiger partial charge in [-0.3, -0.25) is 14.6 Å². The van der Waals surface area contributed by atoms with E-state index >= 15 is 0 Å². The number of carbonyl (C=O) groups excluding carboxylic acids is 2. The second kappa shape index (κ2) is 12.2. The van der Waals surface area contributed by atoms with Crippen LogP contribution in [0.3, 0.4) is 0 Å². The molecular weight excluding hydrogens is 542 g/mol. The molecule has 10 nitrogen and oxygen atoms in total. The van der Waals surface area contributed by atoms with Gasteiger partial charge in [-0.05, 0) is 61.4 Å². The minimum atomic E-state index is -0.559. The van der Waals surface area contributed by atoms with Gasteiger partial charge in [0.25, 0.3) is 0 Å². The van der Waals surface area contributed by atoms with E-state index in [2.05, 4.69) is 32.2 Å². The van der Waals surface area contributed by atoms with Crippen LogP contribution in [0.1, 0.15) is 18.5 Å². The number of ether oxygens (including phenoxy) is 1. The summed E-state index contributed by atoms with van der Waals surface area (Å²) < 4.78 is 5.84. The highest BCUT2D eigenvalue weighted by molar-refractivity contribution is 6.32. The molecule has 2 amide bonds. The molecule has 1 aliphatic heterocycles. The highest BCUT2D eigenvalue weighted by Gasteiger charge is 2.33. The number of hydrogen-bond acceptors (Lipinski definition) is 8. The van der Waals surface area contributed by atoms with Gasteiger partial charge in [-0.2, -0.15) is 0 Å². The SMILES string of the molecule is C=CC(=O)N1CCC[C@H]1C(=O)Nc1cc2c(Nc3ccc(OCc4ccccn4)c(Cl)c3)ncnc2cc1N(C)C. The summed E-state index contributed by atoms with van der Waals surface area (Å²) in [6.07, 6.45) is 5.78. The maximum absolute atomic E-state index is 13.3. The molecule has 3 heterocycles. The van der Waals surface area contributed by atoms with Gasteiger partial charge in [-0.1, -0.05) is 24.2 Å². The van der Waals surface area contributed by atoms with E-state index in [9.17, 15) is 9.59 Å². The topological polar surface area (TPSA) is 113 Å². The molecular formula is C30H30ClN7O3. The largest absolute Gasteiger partial charge is 0.486 e. The van der Waals surface area contributed by atoms with Crippen LogP contribution in [0.4, 0.5) is 22.9 Å². The summed E-state index contributed by atoms with van der Waals surface area (Å²) in [5.74, 6) is 0.575. The van der Waals surface area contributed by atoms with Crippen molar-refractivity contribution in [3.63, 3.8) is 0 Å². The van der Waals surface area contributed by atoms with Crippen molar-refractivity contribution in [2.24, 2.45) is 0 Å². The predicted molar refractivity (Wildman–Crippen MR) is 161 cm³/mol. The van der Waals surface area contributed by atoms with Gasteiger partial charge >= 0.3 is 0 Å². The molecule has 0 spiro atoms. The first kappa shape index (κ1) is 27.9. The number of aromatic nitrogens is 3. The second-order valence-electron chi connectivity index (χ2n) is 9.77. The van der Waals surface area contributed by atoms with E-state index in [1.807, 2.05) is 55.4 Å². The summed E-state index contributed by atoms with van der Waals surface area (Å²) in [6, 6.07) is 14.2. The summed E-state index contributed by atoms with van der Waals surface area (Å²) in [7, 11) is 3.78. The number of nitrogens with one attached hydrogen (secondary N) is 2. The lowest BCUT2D eigenvalue weighted by Crippen LogP contribution is -2.42. The standard InChI is InChI=1S/C30H30ClN7O3/c1-4-28(39)38-13-7-9-25(38)30(40)36-24-15-21-23(16-26(24)37(2)3)33-18-34-29(21)35-19-10-11-27(22(31)14-19)41-17-20-8-5-6-12-32-20/h4-6,8,10-12,14-16,18,25H,1,7,9,13,17H2,2-3H3,(H,36,40)(H,33,34,35)/t25-/m0/s1. The van der Waals surface area contributed by atoms with E-state index in [1.165, 1.54) is 12.4 Å². The average molecular weight is 572 g/mol. The van der Waals surface area contributed by atoms with Gasteiger partial charge in [-0.15, -0.1) is 0 Å². The summed E-state index contributed by atoms with van der Waals surface area (Å²) >= 11 is 6.52. The summed E-state index contributed by atoms with van der Waals surface area (Å²) in [6.45, 7) is 4.39. The lowest BCUT2D eigenvalue weighted by atomic mass is 10.1. The Morgan fingerprint density at radius 3 is 2.76 bits per heavy atom. The number of amides is 2. The van der Waals surface area contributed by atoms with E-state index in [-0.39, 0.29) is 11.8 Å². The van der Waals surface area contributed by atoms with Crippen molar-refractivity contribution >= 4 is 57.2 Å². The molecule has 2 aromatic carbocycles. The van der Waals surface area contributed by atoms with Crippen LogP contribution < -0.4 is 20.3 Å². The minimum Gasteiger partial charge on any atom is -0.486 e. The number of hydrogen-bond donors (Lipinski definition) is 2. The molecule has 2 aromatic heterocycles. The van der Waals surface area contributed by atoms with Crippen LogP contribution >= 0.6 is 11.6 Å². The summed E-state index contributed by atoms with van der Waals surface area (Å²) in [5.41, 5.74) is 3.54. The maximum atomic E-state index is 13.3. The fourth-order valence-corrected chi connectivity index (χ4v) is 5.00. The molecule has 0 saturated carbocycles. The molecule has 0 bridgehead atoms. The fraction of sp³-hybridized carbons (Fsp3) is 0.233. The predicted octanol–water partition coefficient (Wildman–Crippen LogP) is 5.18. The van der Waals surface area contributed by atoms with Crippen molar-refractivity contribution in [3.05, 3.63) is 84.4 Å². The summed E-state index contributed by atoms with van der Waals surface area (Å²) in [4.78, 5) is 42.2. The van der Waals surface area contributed by atoms with Gasteiger partial charge < -0.3 is 25.2 Å². The zero-order chi connectivity index (χ0) is 28.9. The maximum Gasteiger partial charge on any atom is 0.247 e. The normalized spacial score (nSPS) is 14.5. The van der Waals surface area contributed by atoms with E-state index < -0.39 is 6.04 Å². The zero-order valence-corrected chi connectivity index (χ0v) is 23.6. The second-order valence-corrected chi connectivity index (χ2v) is 10.2.